The predicted octanol–water partition coefficient (Wildman–Crippen LogP) is 3.01. The molecule has 12 heteroatoms. The molecule has 3 aromatic rings. The fourth-order valence-corrected chi connectivity index (χ4v) is 5.69. The third kappa shape index (κ3) is 5.92. The highest BCUT2D eigenvalue weighted by Crippen LogP contribution is 2.45. The summed E-state index contributed by atoms with van der Waals surface area (Å²) in [6, 6.07) is 5.35. The van der Waals surface area contributed by atoms with Crippen molar-refractivity contribution in [2.75, 3.05) is 25.3 Å². The van der Waals surface area contributed by atoms with E-state index in [1.165, 1.54) is 6.33 Å². The lowest BCUT2D eigenvalue weighted by molar-refractivity contribution is -0.0592. The second-order valence-electron chi connectivity index (χ2n) is 8.55. The molecule has 2 aromatic heterocycles. The van der Waals surface area contributed by atoms with Crippen LogP contribution in [-0.4, -0.2) is 57.5 Å². The lowest BCUT2D eigenvalue weighted by Gasteiger charge is -2.27. The highest BCUT2D eigenvalue weighted by atomic mass is 31.2. The number of hydrogen-bond donors (Lipinski definition) is 2. The van der Waals surface area contributed by atoms with Gasteiger partial charge < -0.3 is 29.0 Å². The second-order valence-corrected chi connectivity index (χ2v) is 10.6. The zero-order valence-corrected chi connectivity index (χ0v) is 20.7. The van der Waals surface area contributed by atoms with Crippen molar-refractivity contribution in [3.63, 3.8) is 0 Å². The third-order valence-corrected chi connectivity index (χ3v) is 7.11. The summed E-state index contributed by atoms with van der Waals surface area (Å²) in [5.41, 5.74) is 9.04. The van der Waals surface area contributed by atoms with Crippen LogP contribution in [0.2, 0.25) is 0 Å². The number of imidazole rings is 1. The van der Waals surface area contributed by atoms with Crippen LogP contribution in [0.25, 0.3) is 11.2 Å². The second kappa shape index (κ2) is 10.4. The first-order valence-corrected chi connectivity index (χ1v) is 12.9. The monoisotopic (exact) mass is 490 g/mol. The van der Waals surface area contributed by atoms with E-state index >= 15 is 0 Å². The lowest BCUT2D eigenvalue weighted by atomic mass is 10.1. The van der Waals surface area contributed by atoms with E-state index in [0.29, 0.717) is 42.5 Å². The molecule has 1 aliphatic rings. The molecule has 184 valence electrons. The Bertz CT molecular complexity index is 1160. The fraction of sp³-hybridized carbons (Fsp3) is 0.500. The van der Waals surface area contributed by atoms with Crippen molar-refractivity contribution in [3.05, 3.63) is 42.0 Å². The number of nitrogen functional groups attached to an aromatic ring is 1. The summed E-state index contributed by atoms with van der Waals surface area (Å²) in [5.74, 6) is 0.830. The van der Waals surface area contributed by atoms with E-state index < -0.39 is 13.8 Å². The number of hydrogen-bond acceptors (Lipinski definition) is 9. The van der Waals surface area contributed by atoms with Gasteiger partial charge in [-0.15, -0.1) is 0 Å². The Balaban J connectivity index is 1.47. The van der Waals surface area contributed by atoms with Gasteiger partial charge in [0.1, 0.15) is 23.9 Å². The summed E-state index contributed by atoms with van der Waals surface area (Å²) in [4.78, 5) is 12.5. The minimum Gasteiger partial charge on any atom is -0.431 e. The van der Waals surface area contributed by atoms with Crippen LogP contribution in [-0.2, 0) is 25.3 Å². The molecule has 0 bridgehead atoms. The number of anilines is 1. The Labute approximate surface area is 198 Å². The van der Waals surface area contributed by atoms with Crippen molar-refractivity contribution in [3.8, 4) is 5.75 Å². The van der Waals surface area contributed by atoms with Gasteiger partial charge in [0, 0.05) is 0 Å². The molecule has 1 saturated heterocycles. The first kappa shape index (κ1) is 24.6. The van der Waals surface area contributed by atoms with E-state index in [2.05, 4.69) is 20.0 Å². The maximum Gasteiger partial charge on any atom is 0.342 e. The van der Waals surface area contributed by atoms with Crippen molar-refractivity contribution in [2.24, 2.45) is 0 Å². The van der Waals surface area contributed by atoms with Crippen LogP contribution < -0.4 is 15.3 Å². The largest absolute Gasteiger partial charge is 0.431 e. The predicted molar refractivity (Wildman–Crippen MR) is 128 cm³/mol. The lowest BCUT2D eigenvalue weighted by Crippen LogP contribution is -2.38. The summed E-state index contributed by atoms with van der Waals surface area (Å²) in [6.45, 7) is 9.08. The van der Waals surface area contributed by atoms with Crippen LogP contribution in [0.15, 0.2) is 30.9 Å². The van der Waals surface area contributed by atoms with E-state index in [0.717, 1.165) is 11.1 Å². The van der Waals surface area contributed by atoms with Crippen LogP contribution >= 0.6 is 7.52 Å². The molecule has 1 fully saturated rings. The summed E-state index contributed by atoms with van der Waals surface area (Å²) in [6.07, 6.45) is 2.06. The number of fused-ring (bicyclic) bond motifs is 1. The van der Waals surface area contributed by atoms with Crippen molar-refractivity contribution < 1.29 is 23.3 Å². The number of nitrogens with two attached hydrogens (primary N) is 1. The normalized spacial score (nSPS) is 18.1. The Morgan fingerprint density at radius 2 is 1.88 bits per heavy atom. The van der Waals surface area contributed by atoms with Gasteiger partial charge in [0.15, 0.2) is 17.8 Å². The highest BCUT2D eigenvalue weighted by Gasteiger charge is 2.33. The van der Waals surface area contributed by atoms with E-state index in [1.54, 1.807) is 6.33 Å². The zero-order valence-electron chi connectivity index (χ0n) is 19.8. The number of benzene rings is 1. The first-order chi connectivity index (χ1) is 16.2. The minimum atomic E-state index is -3.49. The van der Waals surface area contributed by atoms with Crippen LogP contribution in [0.1, 0.15) is 25.0 Å². The van der Waals surface area contributed by atoms with Gasteiger partial charge in [-0.3, -0.25) is 4.57 Å². The first-order valence-electron chi connectivity index (χ1n) is 11.1. The zero-order chi connectivity index (χ0) is 24.3. The van der Waals surface area contributed by atoms with Gasteiger partial charge in [-0.2, -0.15) is 0 Å². The van der Waals surface area contributed by atoms with E-state index in [9.17, 15) is 4.57 Å². The Morgan fingerprint density at radius 1 is 1.18 bits per heavy atom. The van der Waals surface area contributed by atoms with Crippen molar-refractivity contribution in [1.82, 2.24) is 24.6 Å². The number of aromatic nitrogens is 4. The van der Waals surface area contributed by atoms with Crippen LogP contribution in [0, 0.1) is 13.8 Å². The van der Waals surface area contributed by atoms with Crippen molar-refractivity contribution in [2.45, 2.75) is 52.7 Å². The number of aryl methyl sites for hydroxylation is 2. The third-order valence-electron chi connectivity index (χ3n) is 5.32. The van der Waals surface area contributed by atoms with Gasteiger partial charge in [0.05, 0.1) is 38.2 Å². The Kier molecular flexibility index (Phi) is 7.49. The standard InChI is InChI=1S/C22H31N6O5P/c1-14-7-15(2)9-18(8-14)33-34(29,27-17(4)22-30-5-6-31-22)13-32-16(3)10-28-12-26-19-20(23)24-11-25-21(19)28/h7-9,11-12,16-17,22H,5-6,10,13H2,1-4H3,(H,27,29)(H2,23,24,25)/t16-,17+,34?/m1/s1. The molecule has 3 N–H and O–H groups in total. The van der Waals surface area contributed by atoms with Gasteiger partial charge >= 0.3 is 7.52 Å². The molecule has 34 heavy (non-hydrogen) atoms. The van der Waals surface area contributed by atoms with Gasteiger partial charge in [0.2, 0.25) is 0 Å². The van der Waals surface area contributed by atoms with Crippen molar-refractivity contribution in [1.29, 1.82) is 0 Å². The van der Waals surface area contributed by atoms with E-state index in [4.69, 9.17) is 24.5 Å². The minimum absolute atomic E-state index is 0.151. The summed E-state index contributed by atoms with van der Waals surface area (Å²) < 4.78 is 38.9. The molecule has 0 amide bonds. The van der Waals surface area contributed by atoms with E-state index in [-0.39, 0.29) is 18.5 Å². The molecule has 11 nitrogen and oxygen atoms in total. The molecular formula is C22H31N6O5P. The highest BCUT2D eigenvalue weighted by molar-refractivity contribution is 7.57. The van der Waals surface area contributed by atoms with Gasteiger partial charge in [-0.25, -0.2) is 20.0 Å². The number of rotatable bonds is 10. The molecular weight excluding hydrogens is 459 g/mol. The van der Waals surface area contributed by atoms with Crippen molar-refractivity contribution >= 4 is 24.5 Å². The van der Waals surface area contributed by atoms with E-state index in [1.807, 2.05) is 50.5 Å². The number of ether oxygens (including phenoxy) is 3. The molecule has 0 radical (unpaired) electrons. The maximum atomic E-state index is 13.9. The summed E-state index contributed by atoms with van der Waals surface area (Å²) in [7, 11) is -3.49. The molecule has 3 heterocycles. The number of nitrogens with zero attached hydrogens (tertiary/aromatic N) is 4. The SMILES string of the molecule is Cc1cc(C)cc(OP(=O)(CO[C@H](C)Cn2cnc3c(N)ncnc32)N[C@@H](C)C2OCCO2)c1. The van der Waals surface area contributed by atoms with Gasteiger partial charge in [-0.1, -0.05) is 6.07 Å². The molecule has 1 aromatic carbocycles. The Morgan fingerprint density at radius 3 is 2.59 bits per heavy atom. The van der Waals surface area contributed by atoms with Crippen LogP contribution in [0.3, 0.4) is 0 Å². The average Bonchev–Trinajstić information content (AvgIpc) is 3.43. The molecule has 0 spiro atoms. The molecule has 1 aliphatic heterocycles. The van der Waals surface area contributed by atoms with Gasteiger partial charge in [0.25, 0.3) is 0 Å². The Hall–Kier alpha value is -2.56. The average molecular weight is 491 g/mol. The fourth-order valence-electron chi connectivity index (χ4n) is 3.87. The molecule has 0 saturated carbocycles. The molecule has 4 rings (SSSR count). The quantitative estimate of drug-likeness (QED) is 0.408. The maximum absolute atomic E-state index is 13.9. The molecule has 1 unspecified atom stereocenters. The van der Waals surface area contributed by atoms with Crippen LogP contribution in [0.4, 0.5) is 5.82 Å². The smallest absolute Gasteiger partial charge is 0.342 e. The number of nitrogens with one attached hydrogen (secondary N) is 1. The summed E-state index contributed by atoms with van der Waals surface area (Å²) >= 11 is 0. The summed E-state index contributed by atoms with van der Waals surface area (Å²) in [5, 5.41) is 3.08. The van der Waals surface area contributed by atoms with Crippen LogP contribution in [0.5, 0.6) is 5.75 Å². The molecule has 0 aliphatic carbocycles. The van der Waals surface area contributed by atoms with Gasteiger partial charge in [-0.05, 0) is 51.0 Å². The molecule has 3 atom stereocenters. The topological polar surface area (TPSA) is 136 Å².